The predicted octanol–water partition coefficient (Wildman–Crippen LogP) is 0.988. The summed E-state index contributed by atoms with van der Waals surface area (Å²) in [6.45, 7) is 5.31. The number of nitrogens with zero attached hydrogens (tertiary/aromatic N) is 6. The lowest BCUT2D eigenvalue weighted by atomic mass is 10.2. The Morgan fingerprint density at radius 2 is 1.16 bits per heavy atom. The van der Waals surface area contributed by atoms with Gasteiger partial charge in [-0.1, -0.05) is 0 Å². The van der Waals surface area contributed by atoms with E-state index in [1.165, 1.54) is 0 Å². The number of fused-ring (bicyclic) bond motifs is 2. The first kappa shape index (κ1) is 20.4. The van der Waals surface area contributed by atoms with E-state index in [1.54, 1.807) is 36.7 Å². The summed E-state index contributed by atoms with van der Waals surface area (Å²) in [6.07, 6.45) is 7.52. The Morgan fingerprint density at radius 3 is 1.59 bits per heavy atom. The molecular formula is C22H26N8O2. The van der Waals surface area contributed by atoms with Gasteiger partial charge in [0.05, 0.1) is 26.2 Å². The van der Waals surface area contributed by atoms with Gasteiger partial charge in [-0.15, -0.1) is 0 Å². The van der Waals surface area contributed by atoms with Crippen LogP contribution in [0.4, 0.5) is 11.4 Å². The Bertz CT molecular complexity index is 1020. The third-order valence-corrected chi connectivity index (χ3v) is 5.83. The molecule has 0 fully saturated rings. The van der Waals surface area contributed by atoms with Crippen LogP contribution in [0.2, 0.25) is 0 Å². The lowest BCUT2D eigenvalue weighted by Gasteiger charge is -2.27. The largest absolute Gasteiger partial charge is 0.333 e. The molecule has 0 radical (unpaired) electrons. The van der Waals surface area contributed by atoms with Crippen LogP contribution in [-0.4, -0.2) is 66.9 Å². The molecule has 5 rings (SSSR count). The molecule has 32 heavy (non-hydrogen) atoms. The van der Waals surface area contributed by atoms with Crippen molar-refractivity contribution in [1.29, 1.82) is 0 Å². The van der Waals surface area contributed by atoms with Gasteiger partial charge in [-0.2, -0.15) is 0 Å². The number of imidazole rings is 2. The second kappa shape index (κ2) is 8.93. The molecule has 0 unspecified atom stereocenters. The van der Waals surface area contributed by atoms with E-state index in [9.17, 15) is 9.59 Å². The predicted molar refractivity (Wildman–Crippen MR) is 119 cm³/mol. The van der Waals surface area contributed by atoms with E-state index < -0.39 is 0 Å². The Labute approximate surface area is 185 Å². The Kier molecular flexibility index (Phi) is 5.70. The molecule has 2 aromatic heterocycles. The average Bonchev–Trinajstić information content (AvgIpc) is 3.43. The van der Waals surface area contributed by atoms with Gasteiger partial charge in [-0.25, -0.2) is 9.97 Å². The van der Waals surface area contributed by atoms with Crippen molar-refractivity contribution in [2.45, 2.75) is 26.2 Å². The van der Waals surface area contributed by atoms with Crippen molar-refractivity contribution in [2.75, 3.05) is 36.8 Å². The topological polar surface area (TPSA) is 100 Å². The van der Waals surface area contributed by atoms with Gasteiger partial charge in [-0.05, 0) is 24.3 Å². The molecule has 2 N–H and O–H groups in total. The van der Waals surface area contributed by atoms with Crippen LogP contribution in [0.5, 0.6) is 0 Å². The average molecular weight is 435 g/mol. The zero-order chi connectivity index (χ0) is 21.9. The van der Waals surface area contributed by atoms with E-state index in [-0.39, 0.29) is 11.8 Å². The summed E-state index contributed by atoms with van der Waals surface area (Å²) >= 11 is 0. The summed E-state index contributed by atoms with van der Waals surface area (Å²) in [5.41, 5.74) is 1.41. The summed E-state index contributed by atoms with van der Waals surface area (Å²) in [7, 11) is 0. The molecule has 0 atom stereocenters. The van der Waals surface area contributed by atoms with Crippen molar-refractivity contribution in [3.05, 3.63) is 60.7 Å². The second-order valence-electron chi connectivity index (χ2n) is 8.17. The molecule has 0 aliphatic carbocycles. The summed E-state index contributed by atoms with van der Waals surface area (Å²) in [5, 5.41) is 5.84. The molecule has 0 saturated carbocycles. The maximum atomic E-state index is 12.4. The van der Waals surface area contributed by atoms with Crippen molar-refractivity contribution >= 4 is 23.2 Å². The summed E-state index contributed by atoms with van der Waals surface area (Å²) in [6, 6.07) is 7.20. The van der Waals surface area contributed by atoms with Crippen LogP contribution < -0.4 is 10.6 Å². The quantitative estimate of drug-likeness (QED) is 0.600. The van der Waals surface area contributed by atoms with E-state index in [0.717, 1.165) is 37.8 Å². The van der Waals surface area contributed by atoms with E-state index in [0.29, 0.717) is 37.6 Å². The number of amides is 2. The van der Waals surface area contributed by atoms with Gasteiger partial charge in [0, 0.05) is 62.3 Å². The molecule has 10 heteroatoms. The number of anilines is 2. The number of carbonyl (C=O) groups excluding carboxylic acids is 2. The minimum atomic E-state index is -0.0646. The van der Waals surface area contributed by atoms with Crippen LogP contribution in [0, 0.1) is 0 Å². The molecule has 10 nitrogen and oxygen atoms in total. The monoisotopic (exact) mass is 434 g/mol. The zero-order valence-corrected chi connectivity index (χ0v) is 17.8. The summed E-state index contributed by atoms with van der Waals surface area (Å²) in [4.78, 5) is 37.7. The fourth-order valence-electron chi connectivity index (χ4n) is 4.16. The van der Waals surface area contributed by atoms with E-state index in [2.05, 4.69) is 39.5 Å². The van der Waals surface area contributed by atoms with Gasteiger partial charge in [-0.3, -0.25) is 19.4 Å². The smallest absolute Gasteiger partial charge is 0.238 e. The highest BCUT2D eigenvalue weighted by Crippen LogP contribution is 2.15. The first-order chi connectivity index (χ1) is 15.6. The molecule has 0 spiro atoms. The van der Waals surface area contributed by atoms with Crippen molar-refractivity contribution in [1.82, 2.24) is 28.9 Å². The zero-order valence-electron chi connectivity index (χ0n) is 17.8. The van der Waals surface area contributed by atoms with E-state index in [1.807, 2.05) is 12.4 Å². The number of hydrogen-bond donors (Lipinski definition) is 2. The number of rotatable bonds is 6. The molecule has 3 aromatic rings. The van der Waals surface area contributed by atoms with Crippen molar-refractivity contribution in [2.24, 2.45) is 0 Å². The highest BCUT2D eigenvalue weighted by molar-refractivity contribution is 5.94. The number of aromatic nitrogens is 4. The SMILES string of the molecule is O=C(CN1CCn2ccnc2C1)Nc1ccc(NC(=O)CN2CCn3ccnc3C2)cc1. The van der Waals surface area contributed by atoms with E-state index >= 15 is 0 Å². The van der Waals surface area contributed by atoms with E-state index in [4.69, 9.17) is 0 Å². The molecule has 166 valence electrons. The maximum absolute atomic E-state index is 12.4. The number of carbonyl (C=O) groups is 2. The van der Waals surface area contributed by atoms with Gasteiger partial charge >= 0.3 is 0 Å². The Balaban J connectivity index is 1.08. The van der Waals surface area contributed by atoms with Crippen LogP contribution in [0.15, 0.2) is 49.1 Å². The van der Waals surface area contributed by atoms with Crippen molar-refractivity contribution in [3.8, 4) is 0 Å². The van der Waals surface area contributed by atoms with Gasteiger partial charge in [0.1, 0.15) is 11.6 Å². The van der Waals surface area contributed by atoms with Crippen molar-refractivity contribution in [3.63, 3.8) is 0 Å². The number of nitrogens with one attached hydrogen (secondary N) is 2. The number of hydrogen-bond acceptors (Lipinski definition) is 6. The Morgan fingerprint density at radius 1 is 0.719 bits per heavy atom. The normalized spacial score (nSPS) is 16.2. The maximum Gasteiger partial charge on any atom is 0.238 e. The van der Waals surface area contributed by atoms with Gasteiger partial charge in [0.25, 0.3) is 0 Å². The molecule has 2 amide bonds. The lowest BCUT2D eigenvalue weighted by molar-refractivity contribution is -0.118. The summed E-state index contributed by atoms with van der Waals surface area (Å²) < 4.78 is 4.23. The molecule has 2 aliphatic rings. The molecular weight excluding hydrogens is 408 g/mol. The lowest BCUT2D eigenvalue weighted by Crippen LogP contribution is -2.39. The first-order valence-corrected chi connectivity index (χ1v) is 10.8. The van der Waals surface area contributed by atoms with Gasteiger partial charge < -0.3 is 19.8 Å². The van der Waals surface area contributed by atoms with Crippen LogP contribution in [0.1, 0.15) is 11.6 Å². The molecule has 0 saturated heterocycles. The van der Waals surface area contributed by atoms with Crippen LogP contribution >= 0.6 is 0 Å². The van der Waals surface area contributed by atoms with Crippen LogP contribution in [0.25, 0.3) is 0 Å². The summed E-state index contributed by atoms with van der Waals surface area (Å²) in [5.74, 6) is 1.84. The van der Waals surface area contributed by atoms with Crippen LogP contribution in [-0.2, 0) is 35.8 Å². The molecule has 2 aliphatic heterocycles. The molecule has 0 bridgehead atoms. The van der Waals surface area contributed by atoms with Gasteiger partial charge in [0.2, 0.25) is 11.8 Å². The fraction of sp³-hybridized carbons (Fsp3) is 0.364. The van der Waals surface area contributed by atoms with Crippen LogP contribution in [0.3, 0.4) is 0 Å². The molecule has 1 aromatic carbocycles. The van der Waals surface area contributed by atoms with Gasteiger partial charge in [0.15, 0.2) is 0 Å². The minimum absolute atomic E-state index is 0.0646. The highest BCUT2D eigenvalue weighted by atomic mass is 16.2. The second-order valence-corrected chi connectivity index (χ2v) is 8.17. The highest BCUT2D eigenvalue weighted by Gasteiger charge is 2.20. The van der Waals surface area contributed by atoms with Crippen molar-refractivity contribution < 1.29 is 9.59 Å². The first-order valence-electron chi connectivity index (χ1n) is 10.8. The fourth-order valence-corrected chi connectivity index (χ4v) is 4.16. The molecule has 4 heterocycles. The number of benzene rings is 1. The minimum Gasteiger partial charge on any atom is -0.333 e. The third-order valence-electron chi connectivity index (χ3n) is 5.83. The third kappa shape index (κ3) is 4.71. The Hall–Kier alpha value is -3.50. The standard InChI is InChI=1S/C22H26N8O2/c31-21(15-27-9-11-29-7-5-23-19(29)13-27)25-17-1-2-18(4-3-17)26-22(32)16-28-10-12-30-8-6-24-20(30)14-28/h1-8H,9-16H2,(H,25,31)(H,26,32).